The van der Waals surface area contributed by atoms with Gasteiger partial charge >= 0.3 is 11.9 Å². The lowest BCUT2D eigenvalue weighted by atomic mass is 9.33. The minimum atomic E-state index is -1.18. The van der Waals surface area contributed by atoms with E-state index < -0.39 is 28.7 Å². The van der Waals surface area contributed by atoms with Crippen molar-refractivity contribution in [3.63, 3.8) is 0 Å². The maximum absolute atomic E-state index is 14.6. The van der Waals surface area contributed by atoms with E-state index in [4.69, 9.17) is 4.74 Å². The van der Waals surface area contributed by atoms with Crippen LogP contribution >= 0.6 is 0 Å². The number of aliphatic carboxylic acids is 1. The second kappa shape index (κ2) is 12.5. The minimum Gasteiger partial charge on any atom is -0.481 e. The first-order valence-electron chi connectivity index (χ1n) is 19.8. The van der Waals surface area contributed by atoms with E-state index >= 15 is 0 Å². The topological polar surface area (TPSA) is 121 Å². The summed E-state index contributed by atoms with van der Waals surface area (Å²) in [6, 6.07) is 0. The van der Waals surface area contributed by atoms with Crippen LogP contribution in [-0.2, 0) is 28.7 Å². The highest BCUT2D eigenvalue weighted by molar-refractivity contribution is 6.40. The fraction of sp³-hybridized carbons (Fsp3) is 0.833. The van der Waals surface area contributed by atoms with Gasteiger partial charge in [-0.2, -0.15) is 0 Å². The summed E-state index contributed by atoms with van der Waals surface area (Å²) in [6.07, 6.45) is 6.67. The molecule has 1 heterocycles. The lowest BCUT2D eigenvalue weighted by Gasteiger charge is -2.72. The lowest BCUT2D eigenvalue weighted by Crippen LogP contribution is -2.66. The minimum absolute atomic E-state index is 0.0101. The number of carbonyl (C=O) groups is 5. The molecule has 5 aliphatic carbocycles. The second-order valence-corrected chi connectivity index (χ2v) is 19.9. The van der Waals surface area contributed by atoms with Gasteiger partial charge in [0.15, 0.2) is 5.78 Å². The van der Waals surface area contributed by atoms with Crippen LogP contribution in [0.4, 0.5) is 0 Å². The monoisotopic (exact) mass is 708 g/mol. The molecular formula is C42H64N2O7. The maximum Gasteiger partial charge on any atom is 0.309 e. The molecule has 0 aromatic heterocycles. The highest BCUT2D eigenvalue weighted by Crippen LogP contribution is 2.76. The third kappa shape index (κ3) is 5.59. The Labute approximate surface area is 305 Å². The van der Waals surface area contributed by atoms with E-state index in [1.165, 1.54) is 0 Å². The molecule has 5 fully saturated rings. The molecule has 9 heteroatoms. The number of fused-ring (bicyclic) bond motifs is 7. The average Bonchev–Trinajstić information content (AvgIpc) is 3.35. The number of piperazine rings is 1. The van der Waals surface area contributed by atoms with Gasteiger partial charge in [0.05, 0.1) is 17.3 Å². The first kappa shape index (κ1) is 38.2. The Bertz CT molecular complexity index is 1540. The summed E-state index contributed by atoms with van der Waals surface area (Å²) in [5.41, 5.74) is -0.804. The molecule has 284 valence electrons. The molecular weight excluding hydrogens is 644 g/mol. The fourth-order valence-corrected chi connectivity index (χ4v) is 13.1. The van der Waals surface area contributed by atoms with Crippen molar-refractivity contribution in [3.8, 4) is 0 Å². The maximum atomic E-state index is 14.6. The molecule has 0 aromatic rings. The van der Waals surface area contributed by atoms with Crippen molar-refractivity contribution in [2.45, 2.75) is 133 Å². The summed E-state index contributed by atoms with van der Waals surface area (Å²) in [7, 11) is 2.04. The van der Waals surface area contributed by atoms with Crippen molar-refractivity contribution >= 4 is 29.4 Å². The number of rotatable bonds is 7. The number of Topliss-reactive ketones (excluding diaryl/α,β-unsaturated/α-hetero) is 2. The molecule has 0 aromatic carbocycles. The molecule has 9 nitrogen and oxygen atoms in total. The van der Waals surface area contributed by atoms with E-state index in [2.05, 4.69) is 53.4 Å². The van der Waals surface area contributed by atoms with Crippen molar-refractivity contribution in [1.82, 2.24) is 9.80 Å². The Balaban J connectivity index is 1.30. The van der Waals surface area contributed by atoms with Gasteiger partial charge in [-0.25, -0.2) is 0 Å². The second-order valence-electron chi connectivity index (χ2n) is 19.9. The third-order valence-electron chi connectivity index (χ3n) is 16.2. The molecule has 51 heavy (non-hydrogen) atoms. The number of carboxylic acids is 1. The Kier molecular flexibility index (Phi) is 9.37. The first-order valence-corrected chi connectivity index (χ1v) is 19.8. The zero-order valence-electron chi connectivity index (χ0n) is 33.1. The quantitative estimate of drug-likeness (QED) is 0.229. The number of ether oxygens (including phenoxy) is 1. The number of nitrogens with zero attached hydrogens (tertiary/aromatic N) is 2. The Morgan fingerprint density at radius 2 is 1.51 bits per heavy atom. The van der Waals surface area contributed by atoms with Crippen LogP contribution in [-0.4, -0.2) is 83.6 Å². The number of ketones is 2. The highest BCUT2D eigenvalue weighted by Gasteiger charge is 2.71. The van der Waals surface area contributed by atoms with Crippen molar-refractivity contribution in [2.75, 3.05) is 33.2 Å². The molecule has 1 N–H and O–H groups in total. The van der Waals surface area contributed by atoms with Gasteiger partial charge in [-0.3, -0.25) is 24.0 Å². The van der Waals surface area contributed by atoms with Crippen LogP contribution in [0.1, 0.15) is 127 Å². The fourth-order valence-electron chi connectivity index (χ4n) is 13.1. The summed E-state index contributed by atoms with van der Waals surface area (Å²) < 4.78 is 6.14. The summed E-state index contributed by atoms with van der Waals surface area (Å²) in [5, 5.41) is 9.59. The first-order chi connectivity index (χ1) is 23.6. The van der Waals surface area contributed by atoms with Crippen LogP contribution in [0.3, 0.4) is 0 Å². The molecule has 6 rings (SSSR count). The van der Waals surface area contributed by atoms with Crippen LogP contribution in [0.15, 0.2) is 11.1 Å². The summed E-state index contributed by atoms with van der Waals surface area (Å²) in [4.78, 5) is 71.3. The summed E-state index contributed by atoms with van der Waals surface area (Å²) >= 11 is 0. The smallest absolute Gasteiger partial charge is 0.309 e. The predicted molar refractivity (Wildman–Crippen MR) is 194 cm³/mol. The molecule has 1 saturated heterocycles. The van der Waals surface area contributed by atoms with Gasteiger partial charge in [-0.1, -0.05) is 48.5 Å². The third-order valence-corrected chi connectivity index (χ3v) is 16.2. The van der Waals surface area contributed by atoms with E-state index in [0.717, 1.165) is 69.2 Å². The molecule has 0 bridgehead atoms. The molecule has 1 amide bonds. The number of carboxylic acid groups (broad SMARTS) is 1. The van der Waals surface area contributed by atoms with Crippen molar-refractivity contribution in [1.29, 1.82) is 0 Å². The zero-order valence-corrected chi connectivity index (χ0v) is 33.1. The normalized spacial score (nSPS) is 39.5. The molecule has 0 spiro atoms. The predicted octanol–water partition coefficient (Wildman–Crippen LogP) is 6.72. The van der Waals surface area contributed by atoms with Crippen LogP contribution in [0.25, 0.3) is 0 Å². The highest BCUT2D eigenvalue weighted by atomic mass is 16.5. The zero-order chi connectivity index (χ0) is 37.7. The SMILES string of the molecule is CC(C)C1=C2C3CCC4C5(C)CCC(OC(=O)CC(C)(C)C(=O)O)C(C)(C)C5CCC4(C)C3(C)CCC2(C(=O)C(=O)N2CCN(C)CC2)CC1=O. The van der Waals surface area contributed by atoms with E-state index in [1.807, 2.05) is 7.05 Å². The standard InChI is InChI=1S/C42H64N2O7/c1-25(2)32-27(45)23-42(34(47)35(48)44-21-19-43(10)20-22-44)18-17-40(8)26(33(32)42)11-12-29-39(7)15-14-30(51-31(46)24-37(3,4)36(49)50)38(5,6)28(39)13-16-41(29,40)9/h25-26,28-30H,11-24H2,1-10H3,(H,49,50). The van der Waals surface area contributed by atoms with Gasteiger partial charge in [0.25, 0.3) is 5.91 Å². The van der Waals surface area contributed by atoms with Gasteiger partial charge in [-0.05, 0) is 123 Å². The Morgan fingerprint density at radius 1 is 0.863 bits per heavy atom. The van der Waals surface area contributed by atoms with Crippen LogP contribution in [0.2, 0.25) is 0 Å². The number of carbonyl (C=O) groups excluding carboxylic acids is 4. The number of hydrogen-bond acceptors (Lipinski definition) is 7. The Morgan fingerprint density at radius 3 is 2.12 bits per heavy atom. The lowest BCUT2D eigenvalue weighted by molar-refractivity contribution is -0.233. The number of likely N-dealkylation sites (N-methyl/N-ethyl adjacent to an activating group) is 1. The van der Waals surface area contributed by atoms with Crippen LogP contribution in [0.5, 0.6) is 0 Å². The molecule has 1 aliphatic heterocycles. The summed E-state index contributed by atoms with van der Waals surface area (Å²) in [5.74, 6) is -1.33. The van der Waals surface area contributed by atoms with Gasteiger partial charge in [0.2, 0.25) is 5.78 Å². The number of hydrogen-bond donors (Lipinski definition) is 1. The summed E-state index contributed by atoms with van der Waals surface area (Å²) in [6.45, 7) is 21.7. The van der Waals surface area contributed by atoms with Crippen LogP contribution < -0.4 is 0 Å². The van der Waals surface area contributed by atoms with E-state index in [9.17, 15) is 29.1 Å². The van der Waals surface area contributed by atoms with Gasteiger partial charge in [0.1, 0.15) is 6.10 Å². The van der Waals surface area contributed by atoms with E-state index in [0.29, 0.717) is 31.3 Å². The van der Waals surface area contributed by atoms with Crippen molar-refractivity contribution in [2.24, 2.45) is 56.2 Å². The molecule has 8 unspecified atom stereocenters. The van der Waals surface area contributed by atoms with Gasteiger partial charge in [-0.15, -0.1) is 0 Å². The van der Waals surface area contributed by atoms with E-state index in [1.54, 1.807) is 18.7 Å². The largest absolute Gasteiger partial charge is 0.481 e. The Hall–Kier alpha value is -2.55. The van der Waals surface area contributed by atoms with Gasteiger partial charge in [0, 0.05) is 38.0 Å². The van der Waals surface area contributed by atoms with Gasteiger partial charge < -0.3 is 19.6 Å². The number of amides is 1. The average molecular weight is 709 g/mol. The van der Waals surface area contributed by atoms with Crippen LogP contribution in [0, 0.1) is 56.2 Å². The molecule has 0 radical (unpaired) electrons. The number of esters is 1. The molecule has 6 aliphatic rings. The molecule has 4 saturated carbocycles. The molecule has 8 atom stereocenters. The van der Waals surface area contributed by atoms with Crippen molar-refractivity contribution < 1.29 is 33.8 Å². The van der Waals surface area contributed by atoms with E-state index in [-0.39, 0.29) is 64.0 Å². The number of allylic oxidation sites excluding steroid dienone is 2. The van der Waals surface area contributed by atoms with Crippen molar-refractivity contribution in [3.05, 3.63) is 11.1 Å².